The van der Waals surface area contributed by atoms with Crippen LogP contribution in [0.15, 0.2) is 24.3 Å². The van der Waals surface area contributed by atoms with E-state index in [1.54, 1.807) is 5.56 Å². The van der Waals surface area contributed by atoms with Crippen LogP contribution >= 0.6 is 0 Å². The molecule has 1 fully saturated rings. The van der Waals surface area contributed by atoms with Crippen LogP contribution in [-0.4, -0.2) is 11.6 Å². The van der Waals surface area contributed by atoms with Gasteiger partial charge in [0.1, 0.15) is 0 Å². The average Bonchev–Trinajstić information content (AvgIpc) is 3.09. The molecular formula is C14H18N2. The predicted octanol–water partition coefficient (Wildman–Crippen LogP) is 2.78. The van der Waals surface area contributed by atoms with Crippen molar-refractivity contribution in [2.45, 2.75) is 25.3 Å². The van der Waals surface area contributed by atoms with Gasteiger partial charge in [-0.25, -0.2) is 0 Å². The maximum absolute atomic E-state index is 3.29. The quantitative estimate of drug-likeness (QED) is 0.831. The molecule has 2 heteroatoms. The van der Waals surface area contributed by atoms with E-state index >= 15 is 0 Å². The van der Waals surface area contributed by atoms with E-state index in [2.05, 4.69) is 41.2 Å². The zero-order chi connectivity index (χ0) is 11.1. The summed E-state index contributed by atoms with van der Waals surface area (Å²) < 4.78 is 2.35. The lowest BCUT2D eigenvalue weighted by Gasteiger charge is -2.06. The molecule has 3 rings (SSSR count). The fourth-order valence-electron chi connectivity index (χ4n) is 2.68. The van der Waals surface area contributed by atoms with Crippen molar-refractivity contribution in [1.29, 1.82) is 0 Å². The summed E-state index contributed by atoms with van der Waals surface area (Å²) in [6.07, 6.45) is 2.73. The van der Waals surface area contributed by atoms with Gasteiger partial charge in [-0.15, -0.1) is 0 Å². The molecule has 1 saturated carbocycles. The fourth-order valence-corrected chi connectivity index (χ4v) is 2.68. The van der Waals surface area contributed by atoms with E-state index < -0.39 is 0 Å². The van der Waals surface area contributed by atoms with Crippen LogP contribution in [0.2, 0.25) is 0 Å². The number of aromatic nitrogens is 1. The van der Waals surface area contributed by atoms with Gasteiger partial charge in [0, 0.05) is 30.2 Å². The molecule has 1 aliphatic rings. The van der Waals surface area contributed by atoms with Gasteiger partial charge >= 0.3 is 0 Å². The lowest BCUT2D eigenvalue weighted by molar-refractivity contribution is 0.733. The van der Waals surface area contributed by atoms with Crippen molar-refractivity contribution in [1.82, 2.24) is 9.88 Å². The highest BCUT2D eigenvalue weighted by Crippen LogP contribution is 2.45. The number of hydrogen-bond acceptors (Lipinski definition) is 1. The summed E-state index contributed by atoms with van der Waals surface area (Å²) in [4.78, 5) is 0. The molecule has 2 nitrogen and oxygen atoms in total. The minimum Gasteiger partial charge on any atom is -0.346 e. The Hall–Kier alpha value is -1.28. The summed E-state index contributed by atoms with van der Waals surface area (Å²) in [6.45, 7) is 0.969. The third-order valence-corrected chi connectivity index (χ3v) is 3.60. The third kappa shape index (κ3) is 1.37. The van der Waals surface area contributed by atoms with Gasteiger partial charge < -0.3 is 9.88 Å². The second-order valence-corrected chi connectivity index (χ2v) is 4.74. The van der Waals surface area contributed by atoms with Crippen molar-refractivity contribution >= 4 is 10.9 Å². The molecule has 1 aromatic carbocycles. The molecule has 0 unspecified atom stereocenters. The smallest absolute Gasteiger partial charge is 0.0483 e. The van der Waals surface area contributed by atoms with Crippen molar-refractivity contribution in [3.63, 3.8) is 0 Å². The summed E-state index contributed by atoms with van der Waals surface area (Å²) in [6, 6.07) is 8.77. The van der Waals surface area contributed by atoms with Gasteiger partial charge in [0.2, 0.25) is 0 Å². The fraction of sp³-hybridized carbons (Fsp3) is 0.429. The van der Waals surface area contributed by atoms with Gasteiger partial charge in [-0.3, -0.25) is 0 Å². The Morgan fingerprint density at radius 1 is 1.31 bits per heavy atom. The molecule has 1 aliphatic carbocycles. The topological polar surface area (TPSA) is 17.0 Å². The van der Waals surface area contributed by atoms with E-state index in [1.807, 2.05) is 7.05 Å². The first-order valence-corrected chi connectivity index (χ1v) is 6.03. The third-order valence-electron chi connectivity index (χ3n) is 3.60. The molecule has 1 N–H and O–H groups in total. The normalized spacial score (nSPS) is 15.9. The first kappa shape index (κ1) is 9.91. The van der Waals surface area contributed by atoms with Crippen molar-refractivity contribution < 1.29 is 0 Å². The molecule has 0 spiro atoms. The second-order valence-electron chi connectivity index (χ2n) is 4.74. The highest BCUT2D eigenvalue weighted by Gasteiger charge is 2.30. The minimum atomic E-state index is 0.814. The first-order chi connectivity index (χ1) is 7.83. The van der Waals surface area contributed by atoms with Crippen molar-refractivity contribution in [2.75, 3.05) is 7.05 Å². The van der Waals surface area contributed by atoms with E-state index in [-0.39, 0.29) is 0 Å². The van der Waals surface area contributed by atoms with Crippen LogP contribution in [0.5, 0.6) is 0 Å². The van der Waals surface area contributed by atoms with Crippen LogP contribution in [-0.2, 0) is 13.6 Å². The predicted molar refractivity (Wildman–Crippen MR) is 67.7 cm³/mol. The van der Waals surface area contributed by atoms with E-state index in [1.165, 1.54) is 29.4 Å². The molecule has 0 amide bonds. The van der Waals surface area contributed by atoms with Crippen molar-refractivity contribution in [3.8, 4) is 0 Å². The molecule has 1 heterocycles. The Morgan fingerprint density at radius 3 is 2.75 bits per heavy atom. The van der Waals surface area contributed by atoms with Gasteiger partial charge in [0.25, 0.3) is 0 Å². The highest BCUT2D eigenvalue weighted by molar-refractivity contribution is 5.86. The highest BCUT2D eigenvalue weighted by atomic mass is 15.0. The first-order valence-electron chi connectivity index (χ1n) is 6.03. The molecule has 0 atom stereocenters. The molecule has 0 bridgehead atoms. The van der Waals surface area contributed by atoms with Crippen LogP contribution in [0.1, 0.15) is 30.0 Å². The average molecular weight is 214 g/mol. The van der Waals surface area contributed by atoms with Crippen LogP contribution in [0.25, 0.3) is 10.9 Å². The molecule has 0 saturated heterocycles. The number of hydrogen-bond donors (Lipinski definition) is 1. The summed E-state index contributed by atoms with van der Waals surface area (Å²) in [5, 5.41) is 4.74. The van der Waals surface area contributed by atoms with Crippen molar-refractivity contribution in [3.05, 3.63) is 35.5 Å². The Kier molecular flexibility index (Phi) is 2.25. The van der Waals surface area contributed by atoms with E-state index in [9.17, 15) is 0 Å². The molecule has 0 radical (unpaired) electrons. The number of para-hydroxylation sites is 1. The zero-order valence-corrected chi connectivity index (χ0v) is 9.96. The van der Waals surface area contributed by atoms with Gasteiger partial charge in [-0.1, -0.05) is 18.2 Å². The molecule has 16 heavy (non-hydrogen) atoms. The minimum absolute atomic E-state index is 0.814. The summed E-state index contributed by atoms with van der Waals surface area (Å²) in [5.41, 5.74) is 4.42. The maximum atomic E-state index is 3.29. The number of aryl methyl sites for hydroxylation is 1. The summed E-state index contributed by atoms with van der Waals surface area (Å²) in [5.74, 6) is 0.814. The van der Waals surface area contributed by atoms with Gasteiger partial charge in [-0.05, 0) is 37.4 Å². The number of nitrogens with one attached hydrogen (secondary N) is 1. The number of fused-ring (bicyclic) bond motifs is 1. The van der Waals surface area contributed by atoms with Crippen LogP contribution in [0, 0.1) is 0 Å². The largest absolute Gasteiger partial charge is 0.346 e. The number of benzene rings is 1. The van der Waals surface area contributed by atoms with Gasteiger partial charge in [-0.2, -0.15) is 0 Å². The Labute approximate surface area is 96.3 Å². The molecule has 0 aliphatic heterocycles. The van der Waals surface area contributed by atoms with Gasteiger partial charge in [0.05, 0.1) is 0 Å². The molecular weight excluding hydrogens is 196 g/mol. The van der Waals surface area contributed by atoms with E-state index in [0.717, 1.165) is 12.5 Å². The SMILES string of the molecule is CNCc1c(C2CC2)c2ccccc2n1C. The lowest BCUT2D eigenvalue weighted by Crippen LogP contribution is -2.10. The molecule has 84 valence electrons. The van der Waals surface area contributed by atoms with Crippen molar-refractivity contribution in [2.24, 2.45) is 7.05 Å². The maximum Gasteiger partial charge on any atom is 0.0483 e. The molecule has 2 aromatic rings. The van der Waals surface area contributed by atoms with Crippen LogP contribution in [0.4, 0.5) is 0 Å². The van der Waals surface area contributed by atoms with E-state index in [0.29, 0.717) is 0 Å². The summed E-state index contributed by atoms with van der Waals surface area (Å²) >= 11 is 0. The Balaban J connectivity index is 2.28. The van der Waals surface area contributed by atoms with E-state index in [4.69, 9.17) is 0 Å². The van der Waals surface area contributed by atoms with Gasteiger partial charge in [0.15, 0.2) is 0 Å². The number of nitrogens with zero attached hydrogens (tertiary/aromatic N) is 1. The monoisotopic (exact) mass is 214 g/mol. The summed E-state index contributed by atoms with van der Waals surface area (Å²) in [7, 11) is 4.20. The van der Waals surface area contributed by atoms with Crippen LogP contribution in [0.3, 0.4) is 0 Å². The zero-order valence-electron chi connectivity index (χ0n) is 9.96. The molecule has 1 aromatic heterocycles. The second kappa shape index (κ2) is 3.63. The Morgan fingerprint density at radius 2 is 2.06 bits per heavy atom. The Bertz CT molecular complexity index is 521. The standard InChI is InChI=1S/C14H18N2/c1-15-9-13-14(10-7-8-10)11-5-3-4-6-12(11)16(13)2/h3-6,10,15H,7-9H2,1-2H3. The lowest BCUT2D eigenvalue weighted by atomic mass is 10.1. The van der Waals surface area contributed by atoms with Crippen LogP contribution < -0.4 is 5.32 Å². The number of rotatable bonds is 3.